The lowest BCUT2D eigenvalue weighted by Crippen LogP contribution is -2.14. The number of hydrogen-bond acceptors (Lipinski definition) is 5. The summed E-state index contributed by atoms with van der Waals surface area (Å²) in [6.45, 7) is 2.22. The minimum atomic E-state index is -0.260. The normalized spacial score (nSPS) is 18.5. The summed E-state index contributed by atoms with van der Waals surface area (Å²) < 4.78 is 0. The standard InChI is InChI=1S/C20H19N3O2S2/c1-11-2-4-13-14(10-21)20(27-17(13)8-11)23-19(25)12-3-5-16-15(9-12)22-18(24)6-7-26-16/h3,5,9,11H,2,4,6-8H2,1H3,(H,22,24)(H,23,25)/t11-/m1/s1. The molecule has 0 unspecified atom stereocenters. The van der Waals surface area contributed by atoms with Crippen LogP contribution in [0, 0.1) is 17.2 Å². The molecule has 0 radical (unpaired) electrons. The van der Waals surface area contributed by atoms with E-state index in [4.69, 9.17) is 0 Å². The van der Waals surface area contributed by atoms with Crippen LogP contribution in [0.2, 0.25) is 0 Å². The first-order valence-electron chi connectivity index (χ1n) is 8.98. The molecule has 138 valence electrons. The SMILES string of the molecule is C[C@@H]1CCc2c(sc(NC(=O)c3ccc4c(c3)NC(=O)CCS4)c2C#N)C1. The Morgan fingerprint density at radius 1 is 1.37 bits per heavy atom. The van der Waals surface area contributed by atoms with E-state index in [0.717, 1.165) is 35.5 Å². The summed E-state index contributed by atoms with van der Waals surface area (Å²) in [5, 5.41) is 16.0. The molecule has 1 aromatic heterocycles. The fourth-order valence-electron chi connectivity index (χ4n) is 3.49. The van der Waals surface area contributed by atoms with Crippen LogP contribution < -0.4 is 10.6 Å². The van der Waals surface area contributed by atoms with Crippen molar-refractivity contribution in [1.29, 1.82) is 5.26 Å². The van der Waals surface area contributed by atoms with Crippen LogP contribution in [0.4, 0.5) is 10.7 Å². The molecule has 2 N–H and O–H groups in total. The molecule has 0 saturated heterocycles. The Morgan fingerprint density at radius 3 is 3.04 bits per heavy atom. The van der Waals surface area contributed by atoms with Gasteiger partial charge in [0.25, 0.3) is 5.91 Å². The molecule has 0 bridgehead atoms. The van der Waals surface area contributed by atoms with Crippen molar-refractivity contribution in [1.82, 2.24) is 0 Å². The molecule has 2 amide bonds. The Balaban J connectivity index is 1.60. The minimum Gasteiger partial charge on any atom is -0.325 e. The van der Waals surface area contributed by atoms with Crippen molar-refractivity contribution >= 4 is 45.6 Å². The first-order valence-corrected chi connectivity index (χ1v) is 10.8. The van der Waals surface area contributed by atoms with Crippen molar-refractivity contribution in [3.63, 3.8) is 0 Å². The van der Waals surface area contributed by atoms with Crippen LogP contribution in [0.15, 0.2) is 23.1 Å². The number of nitriles is 1. The quantitative estimate of drug-likeness (QED) is 0.785. The molecule has 2 aliphatic rings. The van der Waals surface area contributed by atoms with E-state index in [2.05, 4.69) is 23.6 Å². The second-order valence-electron chi connectivity index (χ2n) is 6.98. The molecule has 1 aromatic carbocycles. The Kier molecular flexibility index (Phi) is 4.94. The summed E-state index contributed by atoms with van der Waals surface area (Å²) in [7, 11) is 0. The predicted octanol–water partition coefficient (Wildman–Crippen LogP) is 4.43. The zero-order chi connectivity index (χ0) is 19.0. The maximum Gasteiger partial charge on any atom is 0.256 e. The minimum absolute atomic E-state index is 0.0365. The molecule has 0 fully saturated rings. The lowest BCUT2D eigenvalue weighted by molar-refractivity contribution is -0.115. The zero-order valence-corrected chi connectivity index (χ0v) is 16.6. The Labute approximate surface area is 166 Å². The van der Waals surface area contributed by atoms with Crippen LogP contribution in [0.3, 0.4) is 0 Å². The lowest BCUT2D eigenvalue weighted by Gasteiger charge is -2.17. The fraction of sp³-hybridized carbons (Fsp3) is 0.350. The average Bonchev–Trinajstić information content (AvgIpc) is 2.86. The molecular formula is C20H19N3O2S2. The summed E-state index contributed by atoms with van der Waals surface area (Å²) in [6.07, 6.45) is 3.40. The van der Waals surface area contributed by atoms with E-state index < -0.39 is 0 Å². The highest BCUT2D eigenvalue weighted by atomic mass is 32.2. The Bertz CT molecular complexity index is 974. The second-order valence-corrected chi connectivity index (χ2v) is 9.22. The molecule has 1 atom stereocenters. The van der Waals surface area contributed by atoms with Gasteiger partial charge in [0, 0.05) is 27.5 Å². The highest BCUT2D eigenvalue weighted by molar-refractivity contribution is 7.99. The molecule has 7 heteroatoms. The van der Waals surface area contributed by atoms with Crippen molar-refractivity contribution in [2.75, 3.05) is 16.4 Å². The number of hydrogen-bond donors (Lipinski definition) is 2. The predicted molar refractivity (Wildman–Crippen MR) is 109 cm³/mol. The molecule has 4 rings (SSSR count). The molecule has 0 spiro atoms. The molecule has 1 aliphatic heterocycles. The van der Waals surface area contributed by atoms with E-state index in [1.165, 1.54) is 16.2 Å². The molecular weight excluding hydrogens is 378 g/mol. The van der Waals surface area contributed by atoms with Crippen molar-refractivity contribution in [3.8, 4) is 6.07 Å². The molecule has 5 nitrogen and oxygen atoms in total. The lowest BCUT2D eigenvalue weighted by atomic mass is 9.88. The van der Waals surface area contributed by atoms with Crippen molar-refractivity contribution in [3.05, 3.63) is 39.8 Å². The zero-order valence-electron chi connectivity index (χ0n) is 14.9. The smallest absolute Gasteiger partial charge is 0.256 e. The Hall–Kier alpha value is -2.30. The number of thiophene rings is 1. The van der Waals surface area contributed by atoms with E-state index in [1.54, 1.807) is 23.9 Å². The molecule has 2 heterocycles. The second kappa shape index (κ2) is 7.37. The number of rotatable bonds is 2. The number of carbonyl (C=O) groups excluding carboxylic acids is 2. The summed E-state index contributed by atoms with van der Waals surface area (Å²) in [5.74, 6) is 1.04. The topological polar surface area (TPSA) is 82.0 Å². The number of benzene rings is 1. The number of nitrogens with one attached hydrogen (secondary N) is 2. The summed E-state index contributed by atoms with van der Waals surface area (Å²) >= 11 is 3.12. The molecule has 27 heavy (non-hydrogen) atoms. The van der Waals surface area contributed by atoms with Gasteiger partial charge >= 0.3 is 0 Å². The van der Waals surface area contributed by atoms with Crippen LogP contribution in [-0.2, 0) is 17.6 Å². The number of amides is 2. The van der Waals surface area contributed by atoms with E-state index in [1.807, 2.05) is 6.07 Å². The van der Waals surface area contributed by atoms with Crippen LogP contribution in [0.5, 0.6) is 0 Å². The average molecular weight is 398 g/mol. The number of anilines is 2. The van der Waals surface area contributed by atoms with Gasteiger partial charge in [-0.1, -0.05) is 6.92 Å². The highest BCUT2D eigenvalue weighted by Gasteiger charge is 2.25. The van der Waals surface area contributed by atoms with Gasteiger partial charge in [-0.25, -0.2) is 0 Å². The van der Waals surface area contributed by atoms with Crippen LogP contribution in [0.1, 0.15) is 46.1 Å². The van der Waals surface area contributed by atoms with E-state index in [0.29, 0.717) is 34.2 Å². The highest BCUT2D eigenvalue weighted by Crippen LogP contribution is 2.39. The van der Waals surface area contributed by atoms with Gasteiger partial charge in [-0.2, -0.15) is 5.26 Å². The summed E-state index contributed by atoms with van der Waals surface area (Å²) in [5.41, 5.74) is 2.85. The number of fused-ring (bicyclic) bond motifs is 2. The third-order valence-corrected chi connectivity index (χ3v) is 7.20. The largest absolute Gasteiger partial charge is 0.325 e. The van der Waals surface area contributed by atoms with Crippen molar-refractivity contribution in [2.45, 2.75) is 37.5 Å². The van der Waals surface area contributed by atoms with Crippen LogP contribution in [0.25, 0.3) is 0 Å². The van der Waals surface area contributed by atoms with Crippen molar-refractivity contribution in [2.24, 2.45) is 5.92 Å². The van der Waals surface area contributed by atoms with E-state index in [9.17, 15) is 14.9 Å². The third kappa shape index (κ3) is 3.60. The maximum atomic E-state index is 12.8. The van der Waals surface area contributed by atoms with Gasteiger partial charge in [0.1, 0.15) is 11.1 Å². The van der Waals surface area contributed by atoms with Gasteiger partial charge in [0.15, 0.2) is 0 Å². The fourth-order valence-corrected chi connectivity index (χ4v) is 5.79. The monoisotopic (exact) mass is 397 g/mol. The summed E-state index contributed by atoms with van der Waals surface area (Å²) in [4.78, 5) is 26.7. The van der Waals surface area contributed by atoms with E-state index in [-0.39, 0.29) is 11.8 Å². The van der Waals surface area contributed by atoms with Gasteiger partial charge < -0.3 is 10.6 Å². The molecule has 1 aliphatic carbocycles. The van der Waals surface area contributed by atoms with Gasteiger partial charge in [0.05, 0.1) is 11.3 Å². The number of carbonyl (C=O) groups is 2. The maximum absolute atomic E-state index is 12.8. The third-order valence-electron chi connectivity index (χ3n) is 4.95. The van der Waals surface area contributed by atoms with Gasteiger partial charge in [-0.05, 0) is 48.9 Å². The first-order chi connectivity index (χ1) is 13.0. The van der Waals surface area contributed by atoms with Gasteiger partial charge in [0.2, 0.25) is 5.91 Å². The van der Waals surface area contributed by atoms with Crippen LogP contribution in [-0.4, -0.2) is 17.6 Å². The Morgan fingerprint density at radius 2 is 2.22 bits per heavy atom. The first kappa shape index (κ1) is 18.1. The van der Waals surface area contributed by atoms with E-state index >= 15 is 0 Å². The van der Waals surface area contributed by atoms with Crippen LogP contribution >= 0.6 is 23.1 Å². The van der Waals surface area contributed by atoms with Gasteiger partial charge in [-0.3, -0.25) is 9.59 Å². The summed E-state index contributed by atoms with van der Waals surface area (Å²) in [6, 6.07) is 7.62. The number of nitrogens with zero attached hydrogens (tertiary/aromatic N) is 1. The van der Waals surface area contributed by atoms with Crippen molar-refractivity contribution < 1.29 is 9.59 Å². The molecule has 2 aromatic rings. The van der Waals surface area contributed by atoms with Gasteiger partial charge in [-0.15, -0.1) is 23.1 Å². The molecule has 0 saturated carbocycles. The number of thioether (sulfide) groups is 1.